The molecule has 2 atom stereocenters. The number of amides is 1. The van der Waals surface area contributed by atoms with Crippen LogP contribution < -0.4 is 0 Å². The molecule has 1 N–H and O–H groups in total. The molecule has 2 saturated heterocycles. The van der Waals surface area contributed by atoms with Gasteiger partial charge in [-0.25, -0.2) is 4.79 Å². The number of rotatable bonds is 4. The molecule has 10 heteroatoms. The van der Waals surface area contributed by atoms with Crippen molar-refractivity contribution in [2.45, 2.75) is 50.6 Å². The van der Waals surface area contributed by atoms with Crippen LogP contribution in [-0.4, -0.2) is 70.1 Å². The number of aliphatic hydroxyl groups is 1. The number of carbonyl (C=O) groups excluding carboxylic acids is 1. The summed E-state index contributed by atoms with van der Waals surface area (Å²) in [6.45, 7) is 2.58. The summed E-state index contributed by atoms with van der Waals surface area (Å²) in [5, 5.41) is 13.1. The van der Waals surface area contributed by atoms with Crippen LogP contribution in [0.25, 0.3) is 0 Å². The molecule has 2 fully saturated rings. The van der Waals surface area contributed by atoms with Crippen LogP contribution in [0, 0.1) is 12.8 Å². The lowest BCUT2D eigenvalue weighted by Crippen LogP contribution is -2.49. The second-order valence-electron chi connectivity index (χ2n) is 7.39. The van der Waals surface area contributed by atoms with Crippen molar-refractivity contribution < 1.29 is 32.5 Å². The van der Waals surface area contributed by atoms with Crippen molar-refractivity contribution in [1.82, 2.24) is 14.7 Å². The summed E-state index contributed by atoms with van der Waals surface area (Å²) in [7, 11) is 0. The van der Waals surface area contributed by atoms with Crippen molar-refractivity contribution in [2.75, 3.05) is 26.3 Å². The van der Waals surface area contributed by atoms with E-state index in [-0.39, 0.29) is 18.7 Å². The molecule has 1 unspecified atom stereocenters. The molecule has 2 aliphatic heterocycles. The van der Waals surface area contributed by atoms with Crippen molar-refractivity contribution in [3.05, 3.63) is 18.0 Å². The van der Waals surface area contributed by atoms with Crippen LogP contribution >= 0.6 is 0 Å². The molecule has 27 heavy (non-hydrogen) atoms. The van der Waals surface area contributed by atoms with Gasteiger partial charge in [0.2, 0.25) is 6.10 Å². The number of aliphatic hydroxyl groups excluding tert-OH is 1. The first-order valence-corrected chi connectivity index (χ1v) is 8.97. The zero-order chi connectivity index (χ0) is 19.7. The zero-order valence-electron chi connectivity index (χ0n) is 15.1. The number of ether oxygens (including phenoxy) is 2. The molecule has 1 aromatic rings. The second kappa shape index (κ2) is 7.67. The maximum Gasteiger partial charge on any atom is 0.427 e. The van der Waals surface area contributed by atoms with E-state index >= 15 is 0 Å². The van der Waals surface area contributed by atoms with E-state index in [1.165, 1.54) is 4.90 Å². The highest BCUT2D eigenvalue weighted by Gasteiger charge is 2.46. The smallest absolute Gasteiger partial charge is 0.427 e. The van der Waals surface area contributed by atoms with Gasteiger partial charge in [-0.3, -0.25) is 4.68 Å². The summed E-state index contributed by atoms with van der Waals surface area (Å²) in [6, 6.07) is 0. The van der Waals surface area contributed by atoms with Gasteiger partial charge in [-0.1, -0.05) is 0 Å². The summed E-state index contributed by atoms with van der Waals surface area (Å²) in [6.07, 6.45) is -2.63. The number of aryl methyl sites for hydroxylation is 1. The van der Waals surface area contributed by atoms with Gasteiger partial charge in [0.1, 0.15) is 0 Å². The van der Waals surface area contributed by atoms with Gasteiger partial charge in [-0.2, -0.15) is 18.3 Å². The van der Waals surface area contributed by atoms with Crippen LogP contribution in [-0.2, 0) is 16.0 Å². The molecule has 3 rings (SSSR count). The van der Waals surface area contributed by atoms with Crippen LogP contribution in [0.3, 0.4) is 0 Å². The fraction of sp³-hybridized carbons (Fsp3) is 0.765. The molecule has 152 valence electrons. The molecule has 3 heterocycles. The summed E-state index contributed by atoms with van der Waals surface area (Å²) in [5.41, 5.74) is 0.750. The Hall–Kier alpha value is -1.81. The standard InChI is InChI=1S/C17H24F3N3O4/c1-12-7-21-23(8-12)9-13-6-16(26-11-13)2-4-22(5-3-16)15(25)27-14(10-24)17(18,19)20/h7-8,13-14,24H,2-6,9-11H2,1H3/t13?,14-/m1/s1. The third-order valence-electron chi connectivity index (χ3n) is 5.20. The molecule has 0 aliphatic carbocycles. The van der Waals surface area contributed by atoms with Crippen LogP contribution in [0.5, 0.6) is 0 Å². The highest BCUT2D eigenvalue weighted by Crippen LogP contribution is 2.39. The predicted octanol–water partition coefficient (Wildman–Crippen LogP) is 2.12. The molecule has 0 aromatic carbocycles. The van der Waals surface area contributed by atoms with Crippen molar-refractivity contribution in [1.29, 1.82) is 0 Å². The summed E-state index contributed by atoms with van der Waals surface area (Å²) in [4.78, 5) is 13.2. The van der Waals surface area contributed by atoms with Crippen LogP contribution in [0.15, 0.2) is 12.4 Å². The van der Waals surface area contributed by atoms with E-state index in [4.69, 9.17) is 9.84 Å². The number of alkyl halides is 3. The molecule has 1 aromatic heterocycles. The molecular formula is C17H24F3N3O4. The quantitative estimate of drug-likeness (QED) is 0.851. The number of carbonyl (C=O) groups is 1. The van der Waals surface area contributed by atoms with Gasteiger partial charge in [0.15, 0.2) is 0 Å². The molecule has 1 spiro atoms. The predicted molar refractivity (Wildman–Crippen MR) is 88.0 cm³/mol. The van der Waals surface area contributed by atoms with Crippen molar-refractivity contribution in [3.8, 4) is 0 Å². The fourth-order valence-corrected chi connectivity index (χ4v) is 3.74. The lowest BCUT2D eigenvalue weighted by Gasteiger charge is -2.38. The Morgan fingerprint density at radius 2 is 2.19 bits per heavy atom. The van der Waals surface area contributed by atoms with Crippen LogP contribution in [0.1, 0.15) is 24.8 Å². The first kappa shape index (κ1) is 19.9. The van der Waals surface area contributed by atoms with Crippen molar-refractivity contribution in [3.63, 3.8) is 0 Å². The molecule has 1 amide bonds. The van der Waals surface area contributed by atoms with Gasteiger partial charge in [-0.15, -0.1) is 0 Å². The third kappa shape index (κ3) is 4.73. The number of nitrogens with zero attached hydrogens (tertiary/aromatic N) is 3. The fourth-order valence-electron chi connectivity index (χ4n) is 3.74. The number of piperidine rings is 1. The normalized spacial score (nSPS) is 23.6. The molecule has 0 radical (unpaired) electrons. The van der Waals surface area contributed by atoms with Gasteiger partial charge in [0, 0.05) is 31.7 Å². The average Bonchev–Trinajstić information content (AvgIpc) is 3.19. The summed E-state index contributed by atoms with van der Waals surface area (Å²) in [5.74, 6) is 0.312. The van der Waals surface area contributed by atoms with E-state index in [0.29, 0.717) is 25.4 Å². The highest BCUT2D eigenvalue weighted by atomic mass is 19.4. The van der Waals surface area contributed by atoms with Crippen LogP contribution in [0.4, 0.5) is 18.0 Å². The Bertz CT molecular complexity index is 656. The topological polar surface area (TPSA) is 76.8 Å². The molecular weight excluding hydrogens is 367 g/mol. The number of halogens is 3. The maximum atomic E-state index is 12.6. The van der Waals surface area contributed by atoms with E-state index < -0.39 is 25.0 Å². The zero-order valence-corrected chi connectivity index (χ0v) is 15.1. The van der Waals surface area contributed by atoms with Crippen molar-refractivity contribution in [2.24, 2.45) is 5.92 Å². The second-order valence-corrected chi connectivity index (χ2v) is 7.39. The van der Waals surface area contributed by atoms with Crippen LogP contribution in [0.2, 0.25) is 0 Å². The minimum Gasteiger partial charge on any atom is -0.434 e. The lowest BCUT2D eigenvalue weighted by atomic mass is 9.85. The number of likely N-dealkylation sites (tertiary alicyclic amines) is 1. The van der Waals surface area contributed by atoms with E-state index in [9.17, 15) is 18.0 Å². The van der Waals surface area contributed by atoms with Gasteiger partial charge in [-0.05, 0) is 31.7 Å². The van der Waals surface area contributed by atoms with Gasteiger partial charge in [0.05, 0.1) is 25.0 Å². The molecule has 2 aliphatic rings. The highest BCUT2D eigenvalue weighted by molar-refractivity contribution is 5.68. The SMILES string of the molecule is Cc1cnn(CC2COC3(CCN(C(=O)O[C@H](CO)C(F)(F)F)CC3)C2)c1. The molecule has 7 nitrogen and oxygen atoms in total. The maximum absolute atomic E-state index is 12.6. The van der Waals surface area contributed by atoms with E-state index in [2.05, 4.69) is 9.84 Å². The van der Waals surface area contributed by atoms with Gasteiger partial charge < -0.3 is 19.5 Å². The third-order valence-corrected chi connectivity index (χ3v) is 5.20. The first-order valence-electron chi connectivity index (χ1n) is 8.97. The Morgan fingerprint density at radius 3 is 2.74 bits per heavy atom. The lowest BCUT2D eigenvalue weighted by molar-refractivity contribution is -0.215. The first-order chi connectivity index (χ1) is 12.7. The van der Waals surface area contributed by atoms with Crippen molar-refractivity contribution >= 4 is 6.09 Å². The Balaban J connectivity index is 1.49. The Morgan fingerprint density at radius 1 is 1.48 bits per heavy atom. The molecule has 0 bridgehead atoms. The van der Waals surface area contributed by atoms with E-state index in [1.54, 1.807) is 6.20 Å². The number of aromatic nitrogens is 2. The minimum atomic E-state index is -4.78. The van der Waals surface area contributed by atoms with E-state index in [0.717, 1.165) is 18.5 Å². The molecule has 0 saturated carbocycles. The Labute approximate surface area is 155 Å². The average molecular weight is 391 g/mol. The largest absolute Gasteiger partial charge is 0.434 e. The minimum absolute atomic E-state index is 0.266. The summed E-state index contributed by atoms with van der Waals surface area (Å²) >= 11 is 0. The van der Waals surface area contributed by atoms with Gasteiger partial charge in [0.25, 0.3) is 0 Å². The number of hydrogen-bond donors (Lipinski definition) is 1. The van der Waals surface area contributed by atoms with Gasteiger partial charge >= 0.3 is 12.3 Å². The number of hydrogen-bond acceptors (Lipinski definition) is 5. The monoisotopic (exact) mass is 391 g/mol. The summed E-state index contributed by atoms with van der Waals surface area (Å²) < 4.78 is 50.2. The van der Waals surface area contributed by atoms with E-state index in [1.807, 2.05) is 17.8 Å². The Kier molecular flexibility index (Phi) is 5.66.